The molecule has 3 nitrogen and oxygen atoms in total. The number of carbonyl (C=O) groups excluding carboxylic acids is 1. The van der Waals surface area contributed by atoms with Gasteiger partial charge in [-0.25, -0.2) is 0 Å². The molecule has 138 valence electrons. The van der Waals surface area contributed by atoms with E-state index >= 15 is 0 Å². The van der Waals surface area contributed by atoms with E-state index in [2.05, 4.69) is 6.92 Å². The third kappa shape index (κ3) is 14.7. The van der Waals surface area contributed by atoms with Gasteiger partial charge in [0.1, 0.15) is 0 Å². The predicted molar refractivity (Wildman–Crippen MR) is 97.4 cm³/mol. The van der Waals surface area contributed by atoms with Crippen LogP contribution in [0.5, 0.6) is 0 Å². The van der Waals surface area contributed by atoms with Crippen molar-refractivity contribution in [3.63, 3.8) is 0 Å². The van der Waals surface area contributed by atoms with Crippen molar-refractivity contribution in [2.24, 2.45) is 0 Å². The summed E-state index contributed by atoms with van der Waals surface area (Å²) in [6.07, 6.45) is 19.3. The minimum atomic E-state index is -0.940. The number of carboxylic acids is 1. The van der Waals surface area contributed by atoms with E-state index in [1.807, 2.05) is 14.1 Å². The minimum absolute atomic E-state index is 0.424. The molecular formula is C20H40NO2-. The molecule has 0 spiro atoms. The molecule has 1 unspecified atom stereocenters. The Balaban J connectivity index is 3.23. The van der Waals surface area contributed by atoms with Gasteiger partial charge < -0.3 is 14.8 Å². The van der Waals surface area contributed by atoms with Crippen LogP contribution in [0.1, 0.15) is 103 Å². The second-order valence-corrected chi connectivity index (χ2v) is 7.18. The van der Waals surface area contributed by atoms with E-state index in [1.165, 1.54) is 77.0 Å². The average molecular weight is 327 g/mol. The molecule has 0 radical (unpaired) electrons. The molecule has 0 rings (SSSR count). The number of carboxylic acid groups (broad SMARTS) is 1. The van der Waals surface area contributed by atoms with E-state index in [0.29, 0.717) is 6.42 Å². The SMILES string of the molecule is CCCCCCCCCCCCCCCCC(C(=O)[O-])N(C)C. The summed E-state index contributed by atoms with van der Waals surface area (Å²) in [5.74, 6) is -0.940. The molecule has 0 aliphatic rings. The number of rotatable bonds is 17. The van der Waals surface area contributed by atoms with Crippen molar-refractivity contribution in [3.8, 4) is 0 Å². The largest absolute Gasteiger partial charge is 0.548 e. The second-order valence-electron chi connectivity index (χ2n) is 7.18. The van der Waals surface area contributed by atoms with Crippen LogP contribution in [0.4, 0.5) is 0 Å². The lowest BCUT2D eigenvalue weighted by atomic mass is 10.0. The summed E-state index contributed by atoms with van der Waals surface area (Å²) in [5.41, 5.74) is 0. The lowest BCUT2D eigenvalue weighted by molar-refractivity contribution is -0.311. The van der Waals surface area contributed by atoms with E-state index in [9.17, 15) is 9.90 Å². The zero-order valence-electron chi connectivity index (χ0n) is 15.9. The molecule has 0 heterocycles. The third-order valence-electron chi connectivity index (χ3n) is 4.73. The Bertz CT molecular complexity index is 266. The molecule has 0 saturated heterocycles. The highest BCUT2D eigenvalue weighted by Crippen LogP contribution is 2.14. The van der Waals surface area contributed by atoms with Gasteiger partial charge >= 0.3 is 0 Å². The highest BCUT2D eigenvalue weighted by molar-refractivity contribution is 5.70. The predicted octanol–water partition coefficient (Wildman–Crippen LogP) is 4.54. The third-order valence-corrected chi connectivity index (χ3v) is 4.73. The highest BCUT2D eigenvalue weighted by atomic mass is 16.4. The fourth-order valence-electron chi connectivity index (χ4n) is 3.12. The van der Waals surface area contributed by atoms with Crippen molar-refractivity contribution < 1.29 is 9.90 Å². The summed E-state index contributed by atoms with van der Waals surface area (Å²) in [4.78, 5) is 12.7. The van der Waals surface area contributed by atoms with E-state index in [4.69, 9.17) is 0 Å². The smallest absolute Gasteiger partial charge is 0.0586 e. The van der Waals surface area contributed by atoms with E-state index in [1.54, 1.807) is 4.90 Å². The molecule has 1 atom stereocenters. The molecule has 0 amide bonds. The quantitative estimate of drug-likeness (QED) is 0.369. The summed E-state index contributed by atoms with van der Waals surface area (Å²) in [6.45, 7) is 2.27. The van der Waals surface area contributed by atoms with Crippen molar-refractivity contribution in [1.82, 2.24) is 4.90 Å². The van der Waals surface area contributed by atoms with Gasteiger partial charge in [0.05, 0.1) is 5.97 Å². The van der Waals surface area contributed by atoms with Crippen LogP contribution in [-0.4, -0.2) is 31.0 Å². The molecule has 0 aliphatic carbocycles. The Morgan fingerprint density at radius 1 is 0.739 bits per heavy atom. The van der Waals surface area contributed by atoms with Crippen LogP contribution in [0.3, 0.4) is 0 Å². The summed E-state index contributed by atoms with van der Waals surface area (Å²) in [7, 11) is 3.62. The van der Waals surface area contributed by atoms with Crippen LogP contribution < -0.4 is 5.11 Å². The van der Waals surface area contributed by atoms with E-state index in [-0.39, 0.29) is 0 Å². The Kier molecular flexibility index (Phi) is 15.9. The molecule has 0 aromatic rings. The van der Waals surface area contributed by atoms with Gasteiger partial charge in [-0.3, -0.25) is 0 Å². The number of unbranched alkanes of at least 4 members (excludes halogenated alkanes) is 13. The van der Waals surface area contributed by atoms with Crippen molar-refractivity contribution in [1.29, 1.82) is 0 Å². The van der Waals surface area contributed by atoms with Crippen LogP contribution in [0.15, 0.2) is 0 Å². The number of likely N-dealkylation sites (N-methyl/N-ethyl adjacent to an activating group) is 1. The maximum atomic E-state index is 11.0. The molecule has 3 heteroatoms. The molecule has 0 aromatic carbocycles. The van der Waals surface area contributed by atoms with Gasteiger partial charge in [0.25, 0.3) is 0 Å². The first-order valence-electron chi connectivity index (χ1n) is 9.96. The fraction of sp³-hybridized carbons (Fsp3) is 0.950. The first-order valence-corrected chi connectivity index (χ1v) is 9.96. The summed E-state index contributed by atoms with van der Waals surface area (Å²) in [6, 6.07) is -0.424. The first-order chi connectivity index (χ1) is 11.1. The van der Waals surface area contributed by atoms with Gasteiger partial charge in [-0.2, -0.15) is 0 Å². The topological polar surface area (TPSA) is 43.4 Å². The van der Waals surface area contributed by atoms with Crippen molar-refractivity contribution in [3.05, 3.63) is 0 Å². The lowest BCUT2D eigenvalue weighted by Gasteiger charge is -2.24. The molecule has 0 aromatic heterocycles. The zero-order valence-corrected chi connectivity index (χ0v) is 15.9. The number of carbonyl (C=O) groups is 1. The number of hydrogen-bond donors (Lipinski definition) is 0. The zero-order chi connectivity index (χ0) is 17.3. The van der Waals surface area contributed by atoms with Gasteiger partial charge in [0, 0.05) is 6.04 Å². The Morgan fingerprint density at radius 3 is 1.39 bits per heavy atom. The molecule has 23 heavy (non-hydrogen) atoms. The van der Waals surface area contributed by atoms with Gasteiger partial charge in [-0.15, -0.1) is 0 Å². The molecule has 0 saturated carbocycles. The van der Waals surface area contributed by atoms with Crippen molar-refractivity contribution >= 4 is 5.97 Å². The van der Waals surface area contributed by atoms with E-state index < -0.39 is 12.0 Å². The fourth-order valence-corrected chi connectivity index (χ4v) is 3.12. The summed E-state index contributed by atoms with van der Waals surface area (Å²) in [5, 5.41) is 11.0. The van der Waals surface area contributed by atoms with Gasteiger partial charge in [0.15, 0.2) is 0 Å². The Hall–Kier alpha value is -0.570. The van der Waals surface area contributed by atoms with Crippen LogP contribution in [0.25, 0.3) is 0 Å². The number of hydrogen-bond acceptors (Lipinski definition) is 3. The maximum Gasteiger partial charge on any atom is 0.0586 e. The van der Waals surface area contributed by atoms with Crippen LogP contribution in [-0.2, 0) is 4.79 Å². The molecule has 0 N–H and O–H groups in total. The van der Waals surface area contributed by atoms with Crippen molar-refractivity contribution in [2.75, 3.05) is 14.1 Å². The minimum Gasteiger partial charge on any atom is -0.548 e. The Labute approximate surface area is 144 Å². The standard InChI is InChI=1S/C20H41NO2/c1-4-5-6-7-8-9-10-11-12-13-14-15-16-17-18-19(20(22)23)21(2)3/h19H,4-18H2,1-3H3,(H,22,23)/p-1. The highest BCUT2D eigenvalue weighted by Gasteiger charge is 2.11. The molecule has 0 aliphatic heterocycles. The van der Waals surface area contributed by atoms with Gasteiger partial charge in [-0.1, -0.05) is 96.8 Å². The van der Waals surface area contributed by atoms with Gasteiger partial charge in [-0.05, 0) is 20.5 Å². The van der Waals surface area contributed by atoms with Crippen LogP contribution in [0, 0.1) is 0 Å². The number of nitrogens with zero attached hydrogens (tertiary/aromatic N) is 1. The Morgan fingerprint density at radius 2 is 1.09 bits per heavy atom. The van der Waals surface area contributed by atoms with Crippen LogP contribution >= 0.6 is 0 Å². The summed E-state index contributed by atoms with van der Waals surface area (Å²) >= 11 is 0. The van der Waals surface area contributed by atoms with Gasteiger partial charge in [0.2, 0.25) is 0 Å². The molecular weight excluding hydrogens is 286 g/mol. The monoisotopic (exact) mass is 326 g/mol. The second kappa shape index (κ2) is 16.3. The maximum absolute atomic E-state index is 11.0. The molecule has 0 bridgehead atoms. The number of aliphatic carboxylic acids is 1. The summed E-state index contributed by atoms with van der Waals surface area (Å²) < 4.78 is 0. The van der Waals surface area contributed by atoms with Crippen molar-refractivity contribution in [2.45, 2.75) is 109 Å². The van der Waals surface area contributed by atoms with E-state index in [0.717, 1.165) is 12.8 Å². The lowest BCUT2D eigenvalue weighted by Crippen LogP contribution is -2.44. The normalized spacial score (nSPS) is 12.7. The average Bonchev–Trinajstić information content (AvgIpc) is 2.50. The first kappa shape index (κ1) is 22.4. The van der Waals surface area contributed by atoms with Crippen LogP contribution in [0.2, 0.25) is 0 Å². The molecule has 0 fully saturated rings.